The lowest BCUT2D eigenvalue weighted by molar-refractivity contribution is 0.579. The second kappa shape index (κ2) is 7.55. The van der Waals surface area contributed by atoms with E-state index < -0.39 is 10.0 Å². The minimum atomic E-state index is -3.66. The molecule has 0 unspecified atom stereocenters. The SMILES string of the molecule is CC(C)c1cc(C(C)C)c(S(=O)(=O)N2c3ccccc3C[C@@H]2C)c(C(C)C)c1. The van der Waals surface area contributed by atoms with Crippen LogP contribution >= 0.6 is 0 Å². The minimum Gasteiger partial charge on any atom is -0.263 e. The Hall–Kier alpha value is -1.81. The van der Waals surface area contributed by atoms with E-state index in [9.17, 15) is 8.42 Å². The average molecular weight is 400 g/mol. The van der Waals surface area contributed by atoms with E-state index in [1.807, 2.05) is 31.2 Å². The van der Waals surface area contributed by atoms with Crippen molar-refractivity contribution in [1.29, 1.82) is 0 Å². The molecule has 1 atom stereocenters. The van der Waals surface area contributed by atoms with Gasteiger partial charge >= 0.3 is 0 Å². The fourth-order valence-electron chi connectivity index (χ4n) is 4.19. The molecule has 1 aliphatic rings. The number of benzene rings is 2. The van der Waals surface area contributed by atoms with Gasteiger partial charge in [0.1, 0.15) is 0 Å². The molecule has 28 heavy (non-hydrogen) atoms. The van der Waals surface area contributed by atoms with E-state index in [4.69, 9.17) is 0 Å². The molecule has 2 aromatic rings. The molecule has 1 aliphatic heterocycles. The van der Waals surface area contributed by atoms with Gasteiger partial charge < -0.3 is 0 Å². The van der Waals surface area contributed by atoms with Gasteiger partial charge in [0.15, 0.2) is 0 Å². The molecule has 1 heterocycles. The molecule has 0 spiro atoms. The van der Waals surface area contributed by atoms with E-state index in [0.29, 0.717) is 10.8 Å². The molecule has 0 saturated carbocycles. The van der Waals surface area contributed by atoms with Crippen LogP contribution in [0.4, 0.5) is 5.69 Å². The van der Waals surface area contributed by atoms with E-state index in [0.717, 1.165) is 28.8 Å². The lowest BCUT2D eigenvalue weighted by atomic mass is 9.89. The summed E-state index contributed by atoms with van der Waals surface area (Å²) in [4.78, 5) is 0.519. The molecule has 0 fully saturated rings. The lowest BCUT2D eigenvalue weighted by Gasteiger charge is -2.29. The Morgan fingerprint density at radius 2 is 1.43 bits per heavy atom. The summed E-state index contributed by atoms with van der Waals surface area (Å²) in [6.45, 7) is 14.7. The molecule has 0 radical (unpaired) electrons. The highest BCUT2D eigenvalue weighted by molar-refractivity contribution is 7.93. The van der Waals surface area contributed by atoms with Gasteiger partial charge in [-0.25, -0.2) is 8.42 Å². The molecule has 3 nitrogen and oxygen atoms in total. The highest BCUT2D eigenvalue weighted by Gasteiger charge is 2.39. The van der Waals surface area contributed by atoms with Crippen LogP contribution in [0.3, 0.4) is 0 Å². The number of rotatable bonds is 5. The molecule has 0 N–H and O–H groups in total. The largest absolute Gasteiger partial charge is 0.265 e. The molecule has 0 aromatic heterocycles. The fourth-order valence-corrected chi connectivity index (χ4v) is 6.56. The van der Waals surface area contributed by atoms with Crippen LogP contribution in [0.1, 0.15) is 88.5 Å². The molecule has 0 aliphatic carbocycles. The fraction of sp³-hybridized carbons (Fsp3) is 0.500. The maximum atomic E-state index is 14.1. The van der Waals surface area contributed by atoms with Gasteiger partial charge in [-0.3, -0.25) is 4.31 Å². The summed E-state index contributed by atoms with van der Waals surface area (Å²) >= 11 is 0. The van der Waals surface area contributed by atoms with Crippen molar-refractivity contribution in [2.75, 3.05) is 4.31 Å². The van der Waals surface area contributed by atoms with E-state index in [-0.39, 0.29) is 17.9 Å². The van der Waals surface area contributed by atoms with E-state index in [1.54, 1.807) is 4.31 Å². The number of sulfonamides is 1. The Balaban J connectivity index is 2.30. The molecule has 0 amide bonds. The number of fused-ring (bicyclic) bond motifs is 1. The van der Waals surface area contributed by atoms with E-state index in [1.165, 1.54) is 5.56 Å². The Labute approximate surface area is 170 Å². The average Bonchev–Trinajstić information content (AvgIpc) is 2.96. The van der Waals surface area contributed by atoms with Gasteiger partial charge in [0.25, 0.3) is 10.0 Å². The van der Waals surface area contributed by atoms with E-state index in [2.05, 4.69) is 53.7 Å². The number of hydrogen-bond donors (Lipinski definition) is 0. The van der Waals surface area contributed by atoms with Crippen molar-refractivity contribution in [3.63, 3.8) is 0 Å². The second-order valence-electron chi connectivity index (χ2n) is 8.98. The van der Waals surface area contributed by atoms with Crippen molar-refractivity contribution in [3.8, 4) is 0 Å². The first-order valence-corrected chi connectivity index (χ1v) is 11.8. The third kappa shape index (κ3) is 3.47. The molecule has 152 valence electrons. The Kier molecular flexibility index (Phi) is 5.64. The first kappa shape index (κ1) is 20.9. The number of para-hydroxylation sites is 1. The topological polar surface area (TPSA) is 37.4 Å². The normalized spacial score (nSPS) is 17.1. The van der Waals surface area contributed by atoms with Gasteiger partial charge in [-0.15, -0.1) is 0 Å². The monoisotopic (exact) mass is 399 g/mol. The molecular formula is C24H33NO2S. The predicted octanol–water partition coefficient (Wildman–Crippen LogP) is 6.20. The van der Waals surface area contributed by atoms with Crippen LogP contribution in [0, 0.1) is 0 Å². The molecule has 3 rings (SSSR count). The zero-order chi connectivity index (χ0) is 20.8. The van der Waals surface area contributed by atoms with Crippen LogP contribution in [0.2, 0.25) is 0 Å². The van der Waals surface area contributed by atoms with Gasteiger partial charge in [0.05, 0.1) is 10.6 Å². The maximum Gasteiger partial charge on any atom is 0.265 e. The van der Waals surface area contributed by atoms with Crippen LogP contribution in [0.5, 0.6) is 0 Å². The lowest BCUT2D eigenvalue weighted by Crippen LogP contribution is -2.37. The van der Waals surface area contributed by atoms with Crippen LogP contribution in [-0.4, -0.2) is 14.5 Å². The van der Waals surface area contributed by atoms with Crippen molar-refractivity contribution < 1.29 is 8.42 Å². The van der Waals surface area contributed by atoms with E-state index >= 15 is 0 Å². The summed E-state index contributed by atoms with van der Waals surface area (Å²) in [6, 6.07) is 12.0. The first-order valence-electron chi connectivity index (χ1n) is 10.4. The molecule has 0 bridgehead atoms. The summed E-state index contributed by atoms with van der Waals surface area (Å²) in [5, 5.41) is 0. The van der Waals surface area contributed by atoms with Gasteiger partial charge in [-0.2, -0.15) is 0 Å². The number of hydrogen-bond acceptors (Lipinski definition) is 2. The van der Waals surface area contributed by atoms with Crippen molar-refractivity contribution >= 4 is 15.7 Å². The van der Waals surface area contributed by atoms with Crippen molar-refractivity contribution in [3.05, 3.63) is 58.7 Å². The molecule has 0 saturated heterocycles. The van der Waals surface area contributed by atoms with Crippen LogP contribution in [0.15, 0.2) is 41.3 Å². The third-order valence-electron chi connectivity index (χ3n) is 5.74. The highest BCUT2D eigenvalue weighted by atomic mass is 32.2. The van der Waals surface area contributed by atoms with Crippen LogP contribution in [0.25, 0.3) is 0 Å². The number of anilines is 1. The predicted molar refractivity (Wildman–Crippen MR) is 118 cm³/mol. The second-order valence-corrected chi connectivity index (χ2v) is 10.7. The van der Waals surface area contributed by atoms with Crippen LogP contribution in [-0.2, 0) is 16.4 Å². The van der Waals surface area contributed by atoms with Gasteiger partial charge in [-0.1, -0.05) is 71.9 Å². The summed E-state index contributed by atoms with van der Waals surface area (Å²) in [5.74, 6) is 0.626. The standard InChI is InChI=1S/C24H33NO2S/c1-15(2)20-13-21(16(3)4)24(22(14-20)17(5)6)28(26,27)25-18(7)12-19-10-8-9-11-23(19)25/h8-11,13-18H,12H2,1-7H3/t18-/m0/s1. The van der Waals surface area contributed by atoms with Crippen molar-refractivity contribution in [2.45, 2.75) is 83.6 Å². The summed E-state index contributed by atoms with van der Waals surface area (Å²) < 4.78 is 29.8. The smallest absolute Gasteiger partial charge is 0.263 e. The zero-order valence-corrected chi connectivity index (χ0v) is 19.0. The summed E-state index contributed by atoms with van der Waals surface area (Å²) in [6.07, 6.45) is 0.757. The summed E-state index contributed by atoms with van der Waals surface area (Å²) in [5.41, 5.74) is 5.01. The van der Waals surface area contributed by atoms with Crippen molar-refractivity contribution in [1.82, 2.24) is 0 Å². The molecular weight excluding hydrogens is 366 g/mol. The Bertz CT molecular complexity index is 945. The maximum absolute atomic E-state index is 14.1. The van der Waals surface area contributed by atoms with Gasteiger partial charge in [0, 0.05) is 6.04 Å². The number of nitrogens with zero attached hydrogens (tertiary/aromatic N) is 1. The third-order valence-corrected chi connectivity index (χ3v) is 7.80. The quantitative estimate of drug-likeness (QED) is 0.600. The zero-order valence-electron chi connectivity index (χ0n) is 18.2. The molecule has 2 aromatic carbocycles. The molecule has 4 heteroatoms. The summed E-state index contributed by atoms with van der Waals surface area (Å²) in [7, 11) is -3.66. The highest BCUT2D eigenvalue weighted by Crippen LogP contribution is 2.41. The Morgan fingerprint density at radius 1 is 0.893 bits per heavy atom. The van der Waals surface area contributed by atoms with Gasteiger partial charge in [0.2, 0.25) is 0 Å². The van der Waals surface area contributed by atoms with Crippen LogP contribution < -0.4 is 4.31 Å². The first-order chi connectivity index (χ1) is 13.1. The van der Waals surface area contributed by atoms with Gasteiger partial charge in [-0.05, 0) is 59.4 Å². The van der Waals surface area contributed by atoms with Crippen molar-refractivity contribution in [2.24, 2.45) is 0 Å². The Morgan fingerprint density at radius 3 is 1.93 bits per heavy atom. The minimum absolute atomic E-state index is 0.0767.